The number of hydrogen-bond acceptors (Lipinski definition) is 5. The van der Waals surface area contributed by atoms with Crippen LogP contribution in [-0.4, -0.2) is 54.8 Å². The number of aromatic carboxylic acids is 1. The number of fused-ring (bicyclic) bond motifs is 1. The third-order valence-electron chi connectivity index (χ3n) is 5.51. The van der Waals surface area contributed by atoms with Crippen LogP contribution >= 0.6 is 12.2 Å². The zero-order valence-electron chi connectivity index (χ0n) is 20.5. The number of imidazole rings is 1. The molecule has 38 heavy (non-hydrogen) atoms. The molecular weight excluding hydrogens is 542 g/mol. The van der Waals surface area contributed by atoms with Gasteiger partial charge in [-0.15, -0.1) is 0 Å². The number of carbonyl (C=O) groups is 2. The molecule has 15 heteroatoms. The largest absolute Gasteiger partial charge is 0.476 e. The van der Waals surface area contributed by atoms with Crippen molar-refractivity contribution < 1.29 is 45.8 Å². The van der Waals surface area contributed by atoms with Crippen molar-refractivity contribution in [3.05, 3.63) is 52.4 Å². The van der Waals surface area contributed by atoms with Crippen LogP contribution in [0.15, 0.2) is 12.1 Å². The molecular formula is C23H24F6N4O4S. The number of nitrogens with zero attached hydrogens (tertiary/aromatic N) is 3. The van der Waals surface area contributed by atoms with Crippen LogP contribution < -0.4 is 5.32 Å². The van der Waals surface area contributed by atoms with Crippen molar-refractivity contribution in [1.82, 2.24) is 19.8 Å². The zero-order chi connectivity index (χ0) is 28.6. The van der Waals surface area contributed by atoms with E-state index in [1.165, 1.54) is 4.90 Å². The van der Waals surface area contributed by atoms with Crippen LogP contribution in [0.5, 0.6) is 0 Å². The fraction of sp³-hybridized carbons (Fsp3) is 0.478. The van der Waals surface area contributed by atoms with Crippen LogP contribution in [0.3, 0.4) is 0 Å². The fourth-order valence-corrected chi connectivity index (χ4v) is 4.30. The van der Waals surface area contributed by atoms with Crippen molar-refractivity contribution >= 4 is 29.3 Å². The Labute approximate surface area is 218 Å². The van der Waals surface area contributed by atoms with E-state index in [-0.39, 0.29) is 48.7 Å². The molecule has 3 rings (SSSR count). The molecule has 0 saturated heterocycles. The Morgan fingerprint density at radius 3 is 2.34 bits per heavy atom. The molecule has 208 valence electrons. The van der Waals surface area contributed by atoms with Gasteiger partial charge < -0.3 is 24.6 Å². The molecule has 0 unspecified atom stereocenters. The van der Waals surface area contributed by atoms with Crippen LogP contribution in [0.1, 0.15) is 54.8 Å². The van der Waals surface area contributed by atoms with Crippen molar-refractivity contribution in [3.8, 4) is 0 Å². The highest BCUT2D eigenvalue weighted by molar-refractivity contribution is 7.80. The Kier molecular flexibility index (Phi) is 8.29. The van der Waals surface area contributed by atoms with Crippen molar-refractivity contribution in [2.24, 2.45) is 0 Å². The Morgan fingerprint density at radius 2 is 1.76 bits per heavy atom. The van der Waals surface area contributed by atoms with E-state index in [2.05, 4.69) is 10.3 Å². The van der Waals surface area contributed by atoms with E-state index in [0.717, 1.165) is 4.57 Å². The monoisotopic (exact) mass is 566 g/mol. The first-order chi connectivity index (χ1) is 17.5. The number of thiocarbonyl (C=S) groups is 1. The summed E-state index contributed by atoms with van der Waals surface area (Å²) < 4.78 is 87.5. The maximum absolute atomic E-state index is 14.3. The second-order valence-corrected chi connectivity index (χ2v) is 10.1. The molecule has 1 aromatic carbocycles. The highest BCUT2D eigenvalue weighted by Gasteiger charge is 2.41. The zero-order valence-corrected chi connectivity index (χ0v) is 21.3. The molecule has 1 amide bonds. The summed E-state index contributed by atoms with van der Waals surface area (Å²) in [6.45, 7) is 4.19. The van der Waals surface area contributed by atoms with Crippen LogP contribution in [0.2, 0.25) is 0 Å². The number of ether oxygens (including phenoxy) is 1. The average Bonchev–Trinajstić information content (AvgIpc) is 3.15. The minimum absolute atomic E-state index is 0.0387. The molecule has 0 saturated carbocycles. The van der Waals surface area contributed by atoms with Crippen LogP contribution in [0.4, 0.5) is 31.1 Å². The fourth-order valence-electron chi connectivity index (χ4n) is 3.94. The summed E-state index contributed by atoms with van der Waals surface area (Å²) >= 11 is 5.43. The van der Waals surface area contributed by atoms with Crippen LogP contribution in [-0.2, 0) is 30.4 Å². The molecule has 2 heterocycles. The third kappa shape index (κ3) is 6.94. The number of hydrogen-bond donors (Lipinski definition) is 2. The third-order valence-corrected chi connectivity index (χ3v) is 5.94. The van der Waals surface area contributed by atoms with Crippen molar-refractivity contribution in [2.45, 2.75) is 64.5 Å². The minimum atomic E-state index is -4.87. The average molecular weight is 567 g/mol. The maximum Gasteiger partial charge on any atom is 0.449 e. The highest BCUT2D eigenvalue weighted by Crippen LogP contribution is 2.32. The van der Waals surface area contributed by atoms with Crippen molar-refractivity contribution in [1.29, 1.82) is 0 Å². The first-order valence-electron chi connectivity index (χ1n) is 11.3. The lowest BCUT2D eigenvalue weighted by Crippen LogP contribution is -2.45. The van der Waals surface area contributed by atoms with Gasteiger partial charge in [-0.1, -0.05) is 12.2 Å². The van der Waals surface area contributed by atoms with Crippen molar-refractivity contribution in [3.63, 3.8) is 0 Å². The van der Waals surface area contributed by atoms with Gasteiger partial charge in [0.25, 0.3) is 0 Å². The van der Waals surface area contributed by atoms with Crippen LogP contribution in [0, 0.1) is 17.5 Å². The highest BCUT2D eigenvalue weighted by atomic mass is 32.1. The first kappa shape index (κ1) is 29.2. The summed E-state index contributed by atoms with van der Waals surface area (Å²) in [7, 11) is 0. The van der Waals surface area contributed by atoms with Crippen LogP contribution in [0.25, 0.3) is 0 Å². The molecule has 0 radical (unpaired) electrons. The lowest BCUT2D eigenvalue weighted by molar-refractivity contribution is -0.147. The van der Waals surface area contributed by atoms with Gasteiger partial charge in [0.15, 0.2) is 17.3 Å². The van der Waals surface area contributed by atoms with E-state index >= 15 is 0 Å². The number of benzene rings is 1. The van der Waals surface area contributed by atoms with E-state index in [1.807, 2.05) is 0 Å². The second kappa shape index (κ2) is 10.8. The standard InChI is InChI=1S/C23H24F6N4O4S/c1-22(2,3)37-21(36)30-12(6-11-7-14(25)15(26)9-13(11)24)8-17(38)32-4-5-33-16(10-32)18(19(34)35)31-20(33)23(27,28)29/h7,9,12H,4-6,8,10H2,1-3H3,(H,30,36)(H,34,35)/t12-/m0/s1. The number of alkyl halides is 3. The van der Waals surface area contributed by atoms with Gasteiger partial charge >= 0.3 is 18.2 Å². The molecule has 1 aromatic heterocycles. The predicted octanol–water partition coefficient (Wildman–Crippen LogP) is 4.69. The summed E-state index contributed by atoms with van der Waals surface area (Å²) in [6, 6.07) is 0.0212. The second-order valence-electron chi connectivity index (χ2n) is 9.61. The molecule has 0 aliphatic carbocycles. The molecule has 1 atom stereocenters. The number of alkyl carbamates (subject to hydrolysis) is 1. The van der Waals surface area contributed by atoms with E-state index in [9.17, 15) is 41.0 Å². The smallest absolute Gasteiger partial charge is 0.449 e. The van der Waals surface area contributed by atoms with E-state index in [1.54, 1.807) is 20.8 Å². The van der Waals surface area contributed by atoms with Gasteiger partial charge in [-0.05, 0) is 38.8 Å². The molecule has 1 aliphatic heterocycles. The van der Waals surface area contributed by atoms with E-state index < -0.39 is 58.9 Å². The normalized spacial score (nSPS) is 14.6. The SMILES string of the molecule is CC(C)(C)OC(=O)N[C@H](CC(=S)N1CCn2c(C(F)(F)F)nc(C(=O)O)c2C1)Cc1cc(F)c(F)cc1F. The van der Waals surface area contributed by atoms with Crippen molar-refractivity contribution in [2.75, 3.05) is 6.54 Å². The number of carbonyl (C=O) groups excluding carboxylic acids is 1. The Bertz CT molecular complexity index is 1260. The first-order valence-corrected chi connectivity index (χ1v) is 11.7. The minimum Gasteiger partial charge on any atom is -0.476 e. The van der Waals surface area contributed by atoms with Gasteiger partial charge in [-0.3, -0.25) is 0 Å². The summed E-state index contributed by atoms with van der Waals surface area (Å²) in [6.07, 6.45) is -6.27. The van der Waals surface area contributed by atoms with Gasteiger partial charge in [0.2, 0.25) is 5.82 Å². The number of aromatic nitrogens is 2. The summed E-state index contributed by atoms with van der Waals surface area (Å²) in [5, 5.41) is 11.9. The van der Waals surface area contributed by atoms with Gasteiger partial charge in [-0.2, -0.15) is 13.2 Å². The Hall–Kier alpha value is -3.36. The number of rotatable bonds is 6. The molecule has 0 bridgehead atoms. The summed E-state index contributed by atoms with van der Waals surface area (Å²) in [4.78, 5) is 28.7. The lowest BCUT2D eigenvalue weighted by atomic mass is 10.0. The number of halogens is 6. The Morgan fingerprint density at radius 1 is 1.13 bits per heavy atom. The van der Waals surface area contributed by atoms with E-state index in [0.29, 0.717) is 12.1 Å². The molecule has 0 spiro atoms. The molecule has 2 N–H and O–H groups in total. The molecule has 1 aliphatic rings. The van der Waals surface area contributed by atoms with E-state index in [4.69, 9.17) is 17.0 Å². The quantitative estimate of drug-likeness (QED) is 0.298. The predicted molar refractivity (Wildman–Crippen MR) is 125 cm³/mol. The number of nitrogens with one attached hydrogen (secondary N) is 1. The lowest BCUT2D eigenvalue weighted by Gasteiger charge is -2.33. The summed E-state index contributed by atoms with van der Waals surface area (Å²) in [5.74, 6) is -6.73. The summed E-state index contributed by atoms with van der Waals surface area (Å²) in [5.41, 5.74) is -2.12. The Balaban J connectivity index is 1.84. The molecule has 8 nitrogen and oxygen atoms in total. The van der Waals surface area contributed by atoms with Gasteiger partial charge in [-0.25, -0.2) is 27.7 Å². The number of carboxylic acids is 1. The molecule has 0 fully saturated rings. The number of carboxylic acid groups (broad SMARTS) is 1. The van der Waals surface area contributed by atoms with Gasteiger partial charge in [0, 0.05) is 31.6 Å². The van der Waals surface area contributed by atoms with Gasteiger partial charge in [0.1, 0.15) is 11.4 Å². The maximum atomic E-state index is 14.3. The number of amides is 1. The molecule has 2 aromatic rings. The topological polar surface area (TPSA) is 96.7 Å². The van der Waals surface area contributed by atoms with Gasteiger partial charge in [0.05, 0.1) is 17.2 Å².